The van der Waals surface area contributed by atoms with Crippen LogP contribution in [0, 0.1) is 5.92 Å². The van der Waals surface area contributed by atoms with E-state index in [0.29, 0.717) is 0 Å². The largest absolute Gasteiger partial charge is 0.361 e. The number of alkyl halides is 1. The predicted octanol–water partition coefficient (Wildman–Crippen LogP) is 4.14. The molecule has 1 saturated heterocycles. The van der Waals surface area contributed by atoms with Crippen LogP contribution in [-0.2, 0) is 0 Å². The Hall–Kier alpha value is -0.800. The Labute approximate surface area is 117 Å². The van der Waals surface area contributed by atoms with Gasteiger partial charge in [-0.15, -0.1) is 11.6 Å². The van der Waals surface area contributed by atoms with Crippen molar-refractivity contribution in [3.8, 4) is 0 Å². The van der Waals surface area contributed by atoms with Gasteiger partial charge < -0.3 is 4.90 Å². The van der Waals surface area contributed by atoms with Crippen LogP contribution in [0.2, 0.25) is 0 Å². The van der Waals surface area contributed by atoms with Crippen LogP contribution in [0.1, 0.15) is 19.3 Å². The molecule has 0 spiro atoms. The van der Waals surface area contributed by atoms with Gasteiger partial charge in [0, 0.05) is 24.4 Å². The maximum absolute atomic E-state index is 5.87. The number of halogens is 1. The fourth-order valence-corrected chi connectivity index (χ4v) is 3.95. The number of benzene rings is 1. The van der Waals surface area contributed by atoms with Crippen molar-refractivity contribution < 1.29 is 0 Å². The quantitative estimate of drug-likeness (QED) is 0.786. The Morgan fingerprint density at radius 3 is 3.17 bits per heavy atom. The van der Waals surface area contributed by atoms with Gasteiger partial charge in [-0.1, -0.05) is 12.1 Å². The highest BCUT2D eigenvalue weighted by atomic mass is 35.5. The van der Waals surface area contributed by atoms with Crippen LogP contribution in [0.5, 0.6) is 0 Å². The minimum Gasteiger partial charge on any atom is -0.361 e. The summed E-state index contributed by atoms with van der Waals surface area (Å²) in [4.78, 5) is 2.50. The van der Waals surface area contributed by atoms with Crippen LogP contribution in [0.3, 0.4) is 0 Å². The number of rotatable bonds is 3. The molecule has 1 aromatic carbocycles. The van der Waals surface area contributed by atoms with E-state index in [0.717, 1.165) is 36.8 Å². The molecule has 3 rings (SSSR count). The van der Waals surface area contributed by atoms with Crippen LogP contribution < -0.4 is 4.90 Å². The molecule has 2 nitrogen and oxygen atoms in total. The second kappa shape index (κ2) is 5.45. The highest BCUT2D eigenvalue weighted by molar-refractivity contribution is 7.11. The molecule has 1 unspecified atom stereocenters. The Kier molecular flexibility index (Phi) is 3.71. The molecule has 1 aliphatic heterocycles. The third kappa shape index (κ3) is 2.34. The first-order valence-corrected chi connectivity index (χ1v) is 7.84. The number of hydrogen-bond acceptors (Lipinski definition) is 3. The lowest BCUT2D eigenvalue weighted by atomic mass is 9.95. The van der Waals surface area contributed by atoms with Gasteiger partial charge in [0.25, 0.3) is 0 Å². The normalized spacial score (nSPS) is 20.5. The second-order valence-electron chi connectivity index (χ2n) is 4.94. The van der Waals surface area contributed by atoms with Crippen LogP contribution in [0.4, 0.5) is 5.00 Å². The van der Waals surface area contributed by atoms with Crippen LogP contribution in [0.25, 0.3) is 10.9 Å². The third-order valence-corrected chi connectivity index (χ3v) is 4.85. The zero-order valence-corrected chi connectivity index (χ0v) is 11.9. The lowest BCUT2D eigenvalue weighted by Crippen LogP contribution is -2.35. The third-order valence-electron chi connectivity index (χ3n) is 3.69. The van der Waals surface area contributed by atoms with Crippen molar-refractivity contribution in [2.45, 2.75) is 19.3 Å². The van der Waals surface area contributed by atoms with Crippen LogP contribution >= 0.6 is 23.1 Å². The Bertz CT molecular complexity index is 523. The minimum absolute atomic E-state index is 0.747. The molecule has 0 aliphatic carbocycles. The average molecular weight is 281 g/mol. The van der Waals surface area contributed by atoms with Crippen molar-refractivity contribution >= 4 is 39.0 Å². The van der Waals surface area contributed by atoms with Crippen LogP contribution in [-0.4, -0.2) is 23.3 Å². The number of nitrogens with zero attached hydrogens (tertiary/aromatic N) is 2. The number of piperidine rings is 1. The first-order valence-electron chi connectivity index (χ1n) is 6.54. The highest BCUT2D eigenvalue weighted by Crippen LogP contribution is 2.34. The summed E-state index contributed by atoms with van der Waals surface area (Å²) in [6.07, 6.45) is 3.72. The van der Waals surface area contributed by atoms with Gasteiger partial charge in [0.05, 0.1) is 5.52 Å². The van der Waals surface area contributed by atoms with E-state index in [1.807, 2.05) is 0 Å². The maximum Gasteiger partial charge on any atom is 0.119 e. The molecule has 0 amide bonds. The van der Waals surface area contributed by atoms with E-state index in [4.69, 9.17) is 11.6 Å². The Morgan fingerprint density at radius 1 is 1.39 bits per heavy atom. The highest BCUT2D eigenvalue weighted by Gasteiger charge is 2.22. The minimum atomic E-state index is 0.747. The standard InChI is InChI=1S/C14H17ClN2S/c15-8-7-11-4-3-9-17(10-11)14-12-5-1-2-6-13(12)16-18-14/h1-2,5-6,11H,3-4,7-10H2. The molecule has 1 atom stereocenters. The number of hydrogen-bond donors (Lipinski definition) is 0. The molecule has 2 heterocycles. The molecule has 1 aromatic heterocycles. The summed E-state index contributed by atoms with van der Waals surface area (Å²) in [5.74, 6) is 1.53. The monoisotopic (exact) mass is 280 g/mol. The van der Waals surface area contributed by atoms with E-state index >= 15 is 0 Å². The van der Waals surface area contributed by atoms with E-state index in [-0.39, 0.29) is 0 Å². The second-order valence-corrected chi connectivity index (χ2v) is 6.07. The van der Waals surface area contributed by atoms with E-state index in [2.05, 4.69) is 33.5 Å². The molecule has 2 aromatic rings. The smallest absolute Gasteiger partial charge is 0.119 e. The molecule has 18 heavy (non-hydrogen) atoms. The zero-order valence-electron chi connectivity index (χ0n) is 10.3. The first-order chi connectivity index (χ1) is 8.88. The maximum atomic E-state index is 5.87. The van der Waals surface area contributed by atoms with Crippen molar-refractivity contribution in [1.29, 1.82) is 0 Å². The summed E-state index contributed by atoms with van der Waals surface area (Å²) in [7, 11) is 0. The molecular weight excluding hydrogens is 264 g/mol. The Balaban J connectivity index is 1.85. The average Bonchev–Trinajstić information content (AvgIpc) is 2.83. The molecule has 0 bridgehead atoms. The summed E-state index contributed by atoms with van der Waals surface area (Å²) in [6.45, 7) is 2.30. The molecule has 0 radical (unpaired) electrons. The SMILES string of the molecule is ClCCC1CCCN(c2snc3ccccc23)C1. The van der Waals surface area contributed by atoms with Crippen molar-refractivity contribution in [3.05, 3.63) is 24.3 Å². The van der Waals surface area contributed by atoms with Crippen molar-refractivity contribution in [2.24, 2.45) is 5.92 Å². The van der Waals surface area contributed by atoms with Crippen molar-refractivity contribution in [2.75, 3.05) is 23.9 Å². The summed E-state index contributed by atoms with van der Waals surface area (Å²) < 4.78 is 4.54. The molecule has 1 fully saturated rings. The van der Waals surface area contributed by atoms with Gasteiger partial charge in [-0.05, 0) is 48.8 Å². The van der Waals surface area contributed by atoms with Gasteiger partial charge in [-0.25, -0.2) is 0 Å². The topological polar surface area (TPSA) is 16.1 Å². The number of anilines is 1. The zero-order chi connectivity index (χ0) is 12.4. The fraction of sp³-hybridized carbons (Fsp3) is 0.500. The van der Waals surface area contributed by atoms with E-state index in [1.165, 1.54) is 23.2 Å². The van der Waals surface area contributed by atoms with Crippen LogP contribution in [0.15, 0.2) is 24.3 Å². The van der Waals surface area contributed by atoms with E-state index in [1.54, 1.807) is 11.5 Å². The molecule has 4 heteroatoms. The summed E-state index contributed by atoms with van der Waals surface area (Å²) in [6, 6.07) is 8.42. The van der Waals surface area contributed by atoms with E-state index < -0.39 is 0 Å². The molecule has 96 valence electrons. The van der Waals surface area contributed by atoms with Crippen molar-refractivity contribution in [3.63, 3.8) is 0 Å². The molecule has 1 aliphatic rings. The fourth-order valence-electron chi connectivity index (χ4n) is 2.74. The van der Waals surface area contributed by atoms with Gasteiger partial charge >= 0.3 is 0 Å². The van der Waals surface area contributed by atoms with Gasteiger partial charge in [0.2, 0.25) is 0 Å². The van der Waals surface area contributed by atoms with Gasteiger partial charge in [0.15, 0.2) is 0 Å². The van der Waals surface area contributed by atoms with Gasteiger partial charge in [0.1, 0.15) is 5.00 Å². The lowest BCUT2D eigenvalue weighted by molar-refractivity contribution is 0.408. The molecule has 0 saturated carbocycles. The number of fused-ring (bicyclic) bond motifs is 1. The lowest BCUT2D eigenvalue weighted by Gasteiger charge is -2.33. The predicted molar refractivity (Wildman–Crippen MR) is 79.9 cm³/mol. The summed E-state index contributed by atoms with van der Waals surface area (Å²) in [5, 5.41) is 2.64. The summed E-state index contributed by atoms with van der Waals surface area (Å²) >= 11 is 7.51. The number of aromatic nitrogens is 1. The molecule has 0 N–H and O–H groups in total. The summed E-state index contributed by atoms with van der Waals surface area (Å²) in [5.41, 5.74) is 1.12. The van der Waals surface area contributed by atoms with Crippen molar-refractivity contribution in [1.82, 2.24) is 4.37 Å². The Morgan fingerprint density at radius 2 is 2.28 bits per heavy atom. The van der Waals surface area contributed by atoms with Gasteiger partial charge in [-0.2, -0.15) is 4.37 Å². The van der Waals surface area contributed by atoms with Gasteiger partial charge in [-0.3, -0.25) is 0 Å². The van der Waals surface area contributed by atoms with E-state index in [9.17, 15) is 0 Å². The molecular formula is C14H17ClN2S. The first kappa shape index (κ1) is 12.2.